The van der Waals surface area contributed by atoms with Gasteiger partial charge in [0, 0.05) is 13.0 Å². The molecule has 1 atom stereocenters. The van der Waals surface area contributed by atoms with E-state index in [0.29, 0.717) is 18.9 Å². The van der Waals surface area contributed by atoms with Gasteiger partial charge in [0.05, 0.1) is 5.92 Å². The predicted molar refractivity (Wildman–Crippen MR) is 67.3 cm³/mol. The van der Waals surface area contributed by atoms with E-state index in [1.165, 1.54) is 0 Å². The van der Waals surface area contributed by atoms with Crippen molar-refractivity contribution in [3.63, 3.8) is 0 Å². The normalized spacial score (nSPS) is 12.8. The standard InChI is InChI=1S/C14H21NO/c1-11(2)8-9-14(16)13(10-15)12-6-4-3-5-7-12/h3-7,11,13H,8-10,15H2,1-2H3. The highest BCUT2D eigenvalue weighted by Crippen LogP contribution is 2.18. The Hall–Kier alpha value is -1.15. The SMILES string of the molecule is CC(C)CCC(=O)C(CN)c1ccccc1. The lowest BCUT2D eigenvalue weighted by Gasteiger charge is -2.14. The lowest BCUT2D eigenvalue weighted by molar-refractivity contribution is -0.120. The van der Waals surface area contributed by atoms with Gasteiger partial charge < -0.3 is 5.73 Å². The van der Waals surface area contributed by atoms with Crippen LogP contribution < -0.4 is 5.73 Å². The van der Waals surface area contributed by atoms with E-state index < -0.39 is 0 Å². The molecule has 1 unspecified atom stereocenters. The molecule has 88 valence electrons. The number of nitrogens with two attached hydrogens (primary N) is 1. The molecule has 1 aromatic rings. The Kier molecular flexibility index (Phi) is 5.20. The molecule has 0 amide bonds. The molecule has 0 fully saturated rings. The number of Topliss-reactive ketones (excluding diaryl/α,β-unsaturated/α-hetero) is 1. The first-order valence-electron chi connectivity index (χ1n) is 5.93. The molecule has 0 spiro atoms. The van der Waals surface area contributed by atoms with Gasteiger partial charge in [-0.15, -0.1) is 0 Å². The van der Waals surface area contributed by atoms with Gasteiger partial charge in [0.15, 0.2) is 0 Å². The van der Waals surface area contributed by atoms with E-state index in [1.807, 2.05) is 30.3 Å². The molecule has 0 heterocycles. The number of benzene rings is 1. The van der Waals surface area contributed by atoms with Crippen LogP contribution in [0.3, 0.4) is 0 Å². The fraction of sp³-hybridized carbons (Fsp3) is 0.500. The molecule has 0 bridgehead atoms. The lowest BCUT2D eigenvalue weighted by Crippen LogP contribution is -2.21. The zero-order valence-corrected chi connectivity index (χ0v) is 10.1. The van der Waals surface area contributed by atoms with Gasteiger partial charge in [-0.05, 0) is 17.9 Å². The maximum absolute atomic E-state index is 12.0. The van der Waals surface area contributed by atoms with Crippen molar-refractivity contribution in [3.8, 4) is 0 Å². The Morgan fingerprint density at radius 1 is 1.25 bits per heavy atom. The largest absolute Gasteiger partial charge is 0.329 e. The van der Waals surface area contributed by atoms with Crippen molar-refractivity contribution >= 4 is 5.78 Å². The maximum atomic E-state index is 12.0. The summed E-state index contributed by atoms with van der Waals surface area (Å²) in [4.78, 5) is 12.0. The second-order valence-electron chi connectivity index (χ2n) is 4.60. The van der Waals surface area contributed by atoms with Crippen LogP contribution in [0.2, 0.25) is 0 Å². The summed E-state index contributed by atoms with van der Waals surface area (Å²) in [6.07, 6.45) is 1.58. The number of ketones is 1. The highest BCUT2D eigenvalue weighted by molar-refractivity contribution is 5.85. The van der Waals surface area contributed by atoms with E-state index in [-0.39, 0.29) is 11.7 Å². The molecule has 1 aromatic carbocycles. The third-order valence-corrected chi connectivity index (χ3v) is 2.79. The number of carbonyl (C=O) groups excluding carboxylic acids is 1. The minimum atomic E-state index is -0.125. The van der Waals surface area contributed by atoms with E-state index in [1.54, 1.807) is 0 Å². The number of rotatable bonds is 6. The molecule has 1 rings (SSSR count). The minimum Gasteiger partial charge on any atom is -0.329 e. The summed E-state index contributed by atoms with van der Waals surface area (Å²) in [7, 11) is 0. The maximum Gasteiger partial charge on any atom is 0.141 e. The van der Waals surface area contributed by atoms with Crippen LogP contribution in [0.4, 0.5) is 0 Å². The quantitative estimate of drug-likeness (QED) is 0.799. The third kappa shape index (κ3) is 3.78. The van der Waals surface area contributed by atoms with E-state index in [0.717, 1.165) is 12.0 Å². The van der Waals surface area contributed by atoms with Crippen molar-refractivity contribution in [1.29, 1.82) is 0 Å². The molecule has 0 radical (unpaired) electrons. The Balaban J connectivity index is 2.64. The fourth-order valence-corrected chi connectivity index (χ4v) is 1.74. The van der Waals surface area contributed by atoms with Crippen molar-refractivity contribution in [2.45, 2.75) is 32.6 Å². The van der Waals surface area contributed by atoms with Gasteiger partial charge in [0.25, 0.3) is 0 Å². The first kappa shape index (κ1) is 12.9. The Morgan fingerprint density at radius 2 is 1.88 bits per heavy atom. The van der Waals surface area contributed by atoms with Gasteiger partial charge in [-0.1, -0.05) is 44.2 Å². The van der Waals surface area contributed by atoms with Crippen molar-refractivity contribution in [1.82, 2.24) is 0 Å². The molecular weight excluding hydrogens is 198 g/mol. The Labute approximate surface area is 97.9 Å². The first-order chi connectivity index (χ1) is 7.65. The average molecular weight is 219 g/mol. The number of carbonyl (C=O) groups is 1. The van der Waals surface area contributed by atoms with Crippen LogP contribution in [0.5, 0.6) is 0 Å². The highest BCUT2D eigenvalue weighted by Gasteiger charge is 2.18. The Bertz CT molecular complexity index is 319. The summed E-state index contributed by atoms with van der Waals surface area (Å²) in [6.45, 7) is 4.67. The van der Waals surface area contributed by atoms with Crippen molar-refractivity contribution in [2.24, 2.45) is 11.7 Å². The summed E-state index contributed by atoms with van der Waals surface area (Å²) in [5, 5.41) is 0. The second-order valence-corrected chi connectivity index (χ2v) is 4.60. The predicted octanol–water partition coefficient (Wildman–Crippen LogP) is 2.73. The lowest BCUT2D eigenvalue weighted by atomic mass is 9.91. The van der Waals surface area contributed by atoms with Crippen LogP contribution in [-0.2, 0) is 4.79 Å². The summed E-state index contributed by atoms with van der Waals surface area (Å²) in [6, 6.07) is 9.81. The van der Waals surface area contributed by atoms with Crippen molar-refractivity contribution in [3.05, 3.63) is 35.9 Å². The molecule has 16 heavy (non-hydrogen) atoms. The van der Waals surface area contributed by atoms with E-state index in [4.69, 9.17) is 5.73 Å². The van der Waals surface area contributed by atoms with Gasteiger partial charge in [-0.3, -0.25) is 4.79 Å². The molecular formula is C14H21NO. The average Bonchev–Trinajstić information content (AvgIpc) is 2.29. The smallest absolute Gasteiger partial charge is 0.141 e. The topological polar surface area (TPSA) is 43.1 Å². The summed E-state index contributed by atoms with van der Waals surface area (Å²) >= 11 is 0. The van der Waals surface area contributed by atoms with Crippen LogP contribution in [0.25, 0.3) is 0 Å². The molecule has 0 aliphatic heterocycles. The van der Waals surface area contributed by atoms with Gasteiger partial charge in [0.2, 0.25) is 0 Å². The van der Waals surface area contributed by atoms with Crippen LogP contribution in [0.15, 0.2) is 30.3 Å². The first-order valence-corrected chi connectivity index (χ1v) is 5.93. The van der Waals surface area contributed by atoms with E-state index in [2.05, 4.69) is 13.8 Å². The van der Waals surface area contributed by atoms with E-state index >= 15 is 0 Å². The molecule has 2 N–H and O–H groups in total. The highest BCUT2D eigenvalue weighted by atomic mass is 16.1. The summed E-state index contributed by atoms with van der Waals surface area (Å²) < 4.78 is 0. The molecule has 0 aliphatic carbocycles. The zero-order valence-electron chi connectivity index (χ0n) is 10.1. The van der Waals surface area contributed by atoms with Gasteiger partial charge in [0.1, 0.15) is 5.78 Å². The third-order valence-electron chi connectivity index (χ3n) is 2.79. The summed E-state index contributed by atoms with van der Waals surface area (Å²) in [5.74, 6) is 0.709. The summed E-state index contributed by atoms with van der Waals surface area (Å²) in [5.41, 5.74) is 6.73. The molecule has 0 aliphatic rings. The Morgan fingerprint density at radius 3 is 2.38 bits per heavy atom. The van der Waals surface area contributed by atoms with Gasteiger partial charge in [-0.2, -0.15) is 0 Å². The number of hydrogen-bond donors (Lipinski definition) is 1. The zero-order chi connectivity index (χ0) is 12.0. The van der Waals surface area contributed by atoms with Crippen molar-refractivity contribution < 1.29 is 4.79 Å². The van der Waals surface area contributed by atoms with Crippen molar-refractivity contribution in [2.75, 3.05) is 6.54 Å². The molecule has 0 aromatic heterocycles. The van der Waals surface area contributed by atoms with Gasteiger partial charge in [-0.25, -0.2) is 0 Å². The monoisotopic (exact) mass is 219 g/mol. The van der Waals surface area contributed by atoms with Crippen LogP contribution in [-0.4, -0.2) is 12.3 Å². The molecule has 2 nitrogen and oxygen atoms in total. The van der Waals surface area contributed by atoms with E-state index in [9.17, 15) is 4.79 Å². The molecule has 0 saturated carbocycles. The number of hydrogen-bond acceptors (Lipinski definition) is 2. The fourth-order valence-electron chi connectivity index (χ4n) is 1.74. The van der Waals surface area contributed by atoms with Crippen LogP contribution in [0, 0.1) is 5.92 Å². The second kappa shape index (κ2) is 6.44. The molecule has 0 saturated heterocycles. The minimum absolute atomic E-state index is 0.125. The van der Waals surface area contributed by atoms with Gasteiger partial charge >= 0.3 is 0 Å². The van der Waals surface area contributed by atoms with Crippen LogP contribution >= 0.6 is 0 Å². The van der Waals surface area contributed by atoms with Crippen LogP contribution in [0.1, 0.15) is 38.2 Å². The molecule has 2 heteroatoms.